The number of aromatic nitrogens is 2. The number of allylic oxidation sites excluding steroid dienone is 1. The first-order valence-electron chi connectivity index (χ1n) is 11.4. The van der Waals surface area contributed by atoms with Crippen molar-refractivity contribution in [3.8, 4) is 22.9 Å². The summed E-state index contributed by atoms with van der Waals surface area (Å²) in [6.07, 6.45) is 0. The van der Waals surface area contributed by atoms with Gasteiger partial charge in [0.15, 0.2) is 5.11 Å². The van der Waals surface area contributed by atoms with Gasteiger partial charge in [0.1, 0.15) is 11.5 Å². The van der Waals surface area contributed by atoms with Gasteiger partial charge in [-0.3, -0.25) is 0 Å². The Labute approximate surface area is 205 Å². The zero-order valence-corrected chi connectivity index (χ0v) is 21.0. The molecule has 8 heteroatoms. The molecule has 7 nitrogen and oxygen atoms in total. The van der Waals surface area contributed by atoms with Gasteiger partial charge >= 0.3 is 0 Å². The third-order valence-corrected chi connectivity index (χ3v) is 6.01. The van der Waals surface area contributed by atoms with Crippen LogP contribution >= 0.6 is 12.2 Å². The van der Waals surface area contributed by atoms with Crippen LogP contribution in [0, 0.1) is 5.92 Å². The minimum atomic E-state index is -0.226. The number of thiocarbonyl (C=S) groups is 1. The minimum Gasteiger partial charge on any atom is -0.497 e. The van der Waals surface area contributed by atoms with E-state index in [2.05, 4.69) is 36.1 Å². The van der Waals surface area contributed by atoms with Crippen LogP contribution in [0.25, 0.3) is 17.0 Å². The van der Waals surface area contributed by atoms with Gasteiger partial charge in [-0.1, -0.05) is 31.1 Å². The molecule has 1 unspecified atom stereocenters. The largest absolute Gasteiger partial charge is 0.497 e. The van der Waals surface area contributed by atoms with E-state index in [9.17, 15) is 0 Å². The van der Waals surface area contributed by atoms with Crippen LogP contribution < -0.4 is 14.8 Å². The lowest BCUT2D eigenvalue weighted by Crippen LogP contribution is -2.47. The van der Waals surface area contributed by atoms with Gasteiger partial charge in [-0.15, -0.1) is 0 Å². The SMILES string of the molecule is CCOc1ccc(C2NC(=S)N(CC(C)C)C(C)=C2c2nc(-c3ccc(OC)cc3)no2)cc1. The van der Waals surface area contributed by atoms with Crippen molar-refractivity contribution in [2.24, 2.45) is 5.92 Å². The molecule has 0 bridgehead atoms. The molecule has 1 aliphatic rings. The number of rotatable bonds is 8. The molecule has 2 heterocycles. The topological polar surface area (TPSA) is 72.7 Å². The van der Waals surface area contributed by atoms with Crippen molar-refractivity contribution >= 4 is 22.9 Å². The van der Waals surface area contributed by atoms with Crippen molar-refractivity contribution in [3.05, 3.63) is 65.7 Å². The van der Waals surface area contributed by atoms with Crippen LogP contribution in [0.5, 0.6) is 11.5 Å². The maximum atomic E-state index is 5.80. The van der Waals surface area contributed by atoms with Crippen molar-refractivity contribution < 1.29 is 14.0 Å². The van der Waals surface area contributed by atoms with Crippen molar-refractivity contribution in [3.63, 3.8) is 0 Å². The van der Waals surface area contributed by atoms with Crippen LogP contribution in [0.4, 0.5) is 0 Å². The molecule has 0 radical (unpaired) electrons. The van der Waals surface area contributed by atoms with Gasteiger partial charge in [-0.05, 0) is 73.9 Å². The summed E-state index contributed by atoms with van der Waals surface area (Å²) in [4.78, 5) is 6.87. The summed E-state index contributed by atoms with van der Waals surface area (Å²) in [6.45, 7) is 9.78. The number of hydrogen-bond acceptors (Lipinski definition) is 6. The molecule has 1 N–H and O–H groups in total. The fourth-order valence-electron chi connectivity index (χ4n) is 4.01. The molecule has 3 aromatic rings. The van der Waals surface area contributed by atoms with E-state index < -0.39 is 0 Å². The molecule has 0 spiro atoms. The molecule has 0 fully saturated rings. The normalized spacial score (nSPS) is 16.1. The fourth-order valence-corrected chi connectivity index (χ4v) is 4.34. The molecule has 34 heavy (non-hydrogen) atoms. The van der Waals surface area contributed by atoms with E-state index in [4.69, 9.17) is 31.2 Å². The Kier molecular flexibility index (Phi) is 7.17. The molecule has 1 atom stereocenters. The van der Waals surface area contributed by atoms with Crippen LogP contribution in [0.3, 0.4) is 0 Å². The second kappa shape index (κ2) is 10.3. The maximum Gasteiger partial charge on any atom is 0.258 e. The van der Waals surface area contributed by atoms with Gasteiger partial charge in [0, 0.05) is 17.8 Å². The molecule has 0 saturated heterocycles. The number of nitrogens with zero attached hydrogens (tertiary/aromatic N) is 3. The zero-order chi connectivity index (χ0) is 24.2. The Balaban J connectivity index is 1.76. The lowest BCUT2D eigenvalue weighted by atomic mass is 9.94. The standard InChI is InChI=1S/C26H30N4O3S/c1-6-32-21-13-7-18(8-14-21)23-22(17(4)30(15-16(2)3)26(34)27-23)25-28-24(29-33-25)19-9-11-20(31-5)12-10-19/h7-14,16,23H,6,15H2,1-5H3,(H,27,34). The monoisotopic (exact) mass is 478 g/mol. The second-order valence-corrected chi connectivity index (χ2v) is 8.93. The van der Waals surface area contributed by atoms with E-state index in [0.717, 1.165) is 40.4 Å². The molecule has 0 amide bonds. The molecule has 0 aliphatic carbocycles. The highest BCUT2D eigenvalue weighted by Crippen LogP contribution is 2.38. The molecule has 1 aliphatic heterocycles. The maximum absolute atomic E-state index is 5.80. The number of ether oxygens (including phenoxy) is 2. The third kappa shape index (κ3) is 4.92. The van der Waals surface area contributed by atoms with E-state index in [1.165, 1.54) is 0 Å². The third-order valence-electron chi connectivity index (χ3n) is 5.67. The first-order valence-corrected chi connectivity index (χ1v) is 11.8. The fraction of sp³-hybridized carbons (Fsp3) is 0.346. The summed E-state index contributed by atoms with van der Waals surface area (Å²) in [6, 6.07) is 15.4. The van der Waals surface area contributed by atoms with E-state index in [1.54, 1.807) is 7.11 Å². The van der Waals surface area contributed by atoms with E-state index >= 15 is 0 Å². The molecular weight excluding hydrogens is 448 g/mol. The predicted molar refractivity (Wildman–Crippen MR) is 137 cm³/mol. The van der Waals surface area contributed by atoms with Gasteiger partial charge in [0.05, 0.1) is 25.3 Å². The predicted octanol–water partition coefficient (Wildman–Crippen LogP) is 5.46. The first-order chi connectivity index (χ1) is 16.4. The molecular formula is C26H30N4O3S. The highest BCUT2D eigenvalue weighted by Gasteiger charge is 2.34. The van der Waals surface area contributed by atoms with Crippen LogP contribution in [-0.2, 0) is 0 Å². The minimum absolute atomic E-state index is 0.226. The summed E-state index contributed by atoms with van der Waals surface area (Å²) in [5, 5.41) is 8.44. The Morgan fingerprint density at radius 3 is 2.38 bits per heavy atom. The van der Waals surface area contributed by atoms with E-state index in [-0.39, 0.29) is 6.04 Å². The van der Waals surface area contributed by atoms with Crippen LogP contribution in [0.2, 0.25) is 0 Å². The Bertz CT molecular complexity index is 1170. The quantitative estimate of drug-likeness (QED) is 0.428. The Morgan fingerprint density at radius 1 is 1.09 bits per heavy atom. The van der Waals surface area contributed by atoms with Gasteiger partial charge in [-0.25, -0.2) is 0 Å². The highest BCUT2D eigenvalue weighted by molar-refractivity contribution is 7.80. The highest BCUT2D eigenvalue weighted by atomic mass is 32.1. The Hall–Kier alpha value is -3.39. The molecule has 178 valence electrons. The van der Waals surface area contributed by atoms with Crippen molar-refractivity contribution in [2.75, 3.05) is 20.3 Å². The summed E-state index contributed by atoms with van der Waals surface area (Å²) in [5.74, 6) is 3.01. The molecule has 4 rings (SSSR count). The van der Waals surface area contributed by atoms with E-state index in [0.29, 0.717) is 29.4 Å². The van der Waals surface area contributed by atoms with Crippen molar-refractivity contribution in [1.29, 1.82) is 0 Å². The van der Waals surface area contributed by atoms with Crippen LogP contribution in [-0.4, -0.2) is 40.4 Å². The molecule has 2 aromatic carbocycles. The first kappa shape index (κ1) is 23.8. The summed E-state index contributed by atoms with van der Waals surface area (Å²) in [7, 11) is 1.64. The number of nitrogens with one attached hydrogen (secondary N) is 1. The Morgan fingerprint density at radius 2 is 1.76 bits per heavy atom. The number of benzene rings is 2. The van der Waals surface area contributed by atoms with Crippen LogP contribution in [0.15, 0.2) is 58.8 Å². The lowest BCUT2D eigenvalue weighted by Gasteiger charge is -2.38. The summed E-state index contributed by atoms with van der Waals surface area (Å²) in [5.41, 5.74) is 3.80. The van der Waals surface area contributed by atoms with Gasteiger partial charge in [0.25, 0.3) is 5.89 Å². The number of hydrogen-bond donors (Lipinski definition) is 1. The number of methoxy groups -OCH3 is 1. The smallest absolute Gasteiger partial charge is 0.258 e. The van der Waals surface area contributed by atoms with Crippen molar-refractivity contribution in [1.82, 2.24) is 20.4 Å². The average molecular weight is 479 g/mol. The van der Waals surface area contributed by atoms with Gasteiger partial charge in [0.2, 0.25) is 5.82 Å². The summed E-state index contributed by atoms with van der Waals surface area (Å²) >= 11 is 5.75. The van der Waals surface area contributed by atoms with Crippen LogP contribution in [0.1, 0.15) is 45.2 Å². The van der Waals surface area contributed by atoms with Gasteiger partial charge in [-0.2, -0.15) is 4.98 Å². The molecule has 0 saturated carbocycles. The molecule has 1 aromatic heterocycles. The average Bonchev–Trinajstić information content (AvgIpc) is 3.32. The van der Waals surface area contributed by atoms with Crippen molar-refractivity contribution in [2.45, 2.75) is 33.7 Å². The van der Waals surface area contributed by atoms with E-state index in [1.807, 2.05) is 55.5 Å². The second-order valence-electron chi connectivity index (χ2n) is 8.54. The summed E-state index contributed by atoms with van der Waals surface area (Å²) < 4.78 is 16.7. The lowest BCUT2D eigenvalue weighted by molar-refractivity contribution is 0.340. The zero-order valence-electron chi connectivity index (χ0n) is 20.2. The van der Waals surface area contributed by atoms with Gasteiger partial charge < -0.3 is 24.2 Å².